The molecule has 1 aromatic carbocycles. The van der Waals surface area contributed by atoms with Gasteiger partial charge in [-0.05, 0) is 18.1 Å². The predicted molar refractivity (Wildman–Crippen MR) is 102 cm³/mol. The van der Waals surface area contributed by atoms with Crippen LogP contribution in [0.3, 0.4) is 0 Å². The van der Waals surface area contributed by atoms with Crippen molar-refractivity contribution >= 4 is 8.32 Å². The van der Waals surface area contributed by atoms with E-state index in [0.717, 1.165) is 5.56 Å². The maximum absolute atomic E-state index is 10.3. The van der Waals surface area contributed by atoms with Gasteiger partial charge in [0.2, 0.25) is 0 Å². The van der Waals surface area contributed by atoms with E-state index in [1.54, 1.807) is 0 Å². The monoisotopic (exact) mass is 400 g/mol. The van der Waals surface area contributed by atoms with E-state index in [9.17, 15) is 20.4 Å². The first kappa shape index (κ1) is 22.4. The van der Waals surface area contributed by atoms with Crippen LogP contribution in [0.4, 0.5) is 0 Å². The van der Waals surface area contributed by atoms with E-state index in [1.807, 2.05) is 30.3 Å². The summed E-state index contributed by atoms with van der Waals surface area (Å²) >= 11 is 0. The van der Waals surface area contributed by atoms with Crippen molar-refractivity contribution in [1.29, 1.82) is 0 Å². The van der Waals surface area contributed by atoms with Crippen LogP contribution in [0.1, 0.15) is 32.6 Å². The van der Waals surface area contributed by atoms with Gasteiger partial charge < -0.3 is 34.3 Å². The zero-order valence-corrected chi connectivity index (χ0v) is 17.6. The molecule has 2 unspecified atom stereocenters. The molecule has 1 aromatic rings. The molecule has 1 aliphatic heterocycles. The summed E-state index contributed by atoms with van der Waals surface area (Å²) in [4.78, 5) is 0. The largest absolute Gasteiger partial charge is 0.394 e. The topological polar surface area (TPSA) is 109 Å². The van der Waals surface area contributed by atoms with E-state index in [1.165, 1.54) is 0 Å². The average molecular weight is 401 g/mol. The van der Waals surface area contributed by atoms with Crippen LogP contribution in [0.15, 0.2) is 30.3 Å². The minimum Gasteiger partial charge on any atom is -0.394 e. The van der Waals surface area contributed by atoms with Crippen molar-refractivity contribution in [1.82, 2.24) is 0 Å². The third-order valence-corrected chi connectivity index (χ3v) is 9.80. The molecule has 7 nitrogen and oxygen atoms in total. The van der Waals surface area contributed by atoms with Crippen molar-refractivity contribution < 1.29 is 34.3 Å². The third-order valence-electron chi connectivity index (χ3n) is 5.39. The van der Waals surface area contributed by atoms with Crippen molar-refractivity contribution in [2.75, 3.05) is 6.61 Å². The van der Waals surface area contributed by atoms with Gasteiger partial charge in [-0.1, -0.05) is 51.1 Å². The highest BCUT2D eigenvalue weighted by atomic mass is 28.4. The molecule has 0 spiro atoms. The summed E-state index contributed by atoms with van der Waals surface area (Å²) in [6.45, 7) is 9.97. The molecule has 27 heavy (non-hydrogen) atoms. The number of rotatable bonds is 6. The Balaban J connectivity index is 2.27. The minimum atomic E-state index is -2.24. The Bertz CT molecular complexity index is 587. The van der Waals surface area contributed by atoms with E-state index < -0.39 is 51.9 Å². The van der Waals surface area contributed by atoms with Crippen molar-refractivity contribution in [3.05, 3.63) is 35.9 Å². The van der Waals surface area contributed by atoms with Gasteiger partial charge in [-0.3, -0.25) is 0 Å². The van der Waals surface area contributed by atoms with E-state index >= 15 is 0 Å². The standard InChI is InChI=1S/C19H32O7Si/c1-19(2,3)27(4,5)26-17(12-9-7-6-8-10-12)25-18-16(23)15(22)14(21)13(11-20)24-18/h6-10,13-18,20-23H,11H2,1-5H3/t13-,14+,15+,16-,17?,18?/m1/s1. The number of benzene rings is 1. The van der Waals surface area contributed by atoms with E-state index in [-0.39, 0.29) is 5.04 Å². The first-order chi connectivity index (χ1) is 12.5. The number of hydrogen-bond donors (Lipinski definition) is 4. The van der Waals surface area contributed by atoms with Crippen LogP contribution in [0.5, 0.6) is 0 Å². The molecule has 1 saturated heterocycles. The molecule has 0 bridgehead atoms. The maximum Gasteiger partial charge on any atom is 0.195 e. The molecular formula is C19H32O7Si. The lowest BCUT2D eigenvalue weighted by Gasteiger charge is -2.43. The minimum absolute atomic E-state index is 0.0707. The van der Waals surface area contributed by atoms with Gasteiger partial charge in [0, 0.05) is 5.56 Å². The highest BCUT2D eigenvalue weighted by Crippen LogP contribution is 2.40. The van der Waals surface area contributed by atoms with E-state index in [2.05, 4.69) is 33.9 Å². The highest BCUT2D eigenvalue weighted by molar-refractivity contribution is 6.74. The summed E-state index contributed by atoms with van der Waals surface area (Å²) in [5.41, 5.74) is 0.749. The molecule has 2 rings (SSSR count). The maximum atomic E-state index is 10.3. The van der Waals surface area contributed by atoms with Crippen LogP contribution in [-0.2, 0) is 13.9 Å². The molecule has 0 aromatic heterocycles. The fourth-order valence-corrected chi connectivity index (χ4v) is 3.61. The summed E-state index contributed by atoms with van der Waals surface area (Å²) in [6, 6.07) is 9.28. The predicted octanol–water partition coefficient (Wildman–Crippen LogP) is 1.52. The zero-order chi connectivity index (χ0) is 20.4. The van der Waals surface area contributed by atoms with Gasteiger partial charge in [0.15, 0.2) is 20.9 Å². The van der Waals surface area contributed by atoms with Gasteiger partial charge in [-0.15, -0.1) is 0 Å². The molecule has 0 aliphatic carbocycles. The van der Waals surface area contributed by atoms with Gasteiger partial charge in [-0.2, -0.15) is 0 Å². The van der Waals surface area contributed by atoms with Gasteiger partial charge in [0.05, 0.1) is 6.61 Å². The van der Waals surface area contributed by atoms with Gasteiger partial charge in [-0.25, -0.2) is 0 Å². The molecule has 8 heteroatoms. The van der Waals surface area contributed by atoms with Gasteiger partial charge >= 0.3 is 0 Å². The first-order valence-corrected chi connectivity index (χ1v) is 12.1. The lowest BCUT2D eigenvalue weighted by Crippen LogP contribution is -2.59. The van der Waals surface area contributed by atoms with Crippen molar-refractivity contribution in [2.45, 2.75) is 75.9 Å². The third kappa shape index (κ3) is 5.15. The Morgan fingerprint density at radius 3 is 2.15 bits per heavy atom. The van der Waals surface area contributed by atoms with Crippen LogP contribution in [0, 0.1) is 0 Å². The Morgan fingerprint density at radius 1 is 1.04 bits per heavy atom. The smallest absolute Gasteiger partial charge is 0.195 e. The van der Waals surface area contributed by atoms with Crippen LogP contribution >= 0.6 is 0 Å². The van der Waals surface area contributed by atoms with Crippen LogP contribution in [-0.4, -0.2) is 66.1 Å². The van der Waals surface area contributed by atoms with Crippen molar-refractivity contribution in [3.8, 4) is 0 Å². The Kier molecular flexibility index (Phi) is 7.20. The molecule has 0 radical (unpaired) electrons. The molecule has 1 aliphatic rings. The number of hydrogen-bond acceptors (Lipinski definition) is 7. The average Bonchev–Trinajstić information content (AvgIpc) is 2.61. The van der Waals surface area contributed by atoms with E-state index in [4.69, 9.17) is 13.9 Å². The molecule has 1 heterocycles. The normalized spacial score (nSPS) is 30.9. The van der Waals surface area contributed by atoms with Gasteiger partial charge in [0.1, 0.15) is 24.4 Å². The summed E-state index contributed by atoms with van der Waals surface area (Å²) in [5.74, 6) is 0. The Labute approximate surface area is 161 Å². The lowest BCUT2D eigenvalue weighted by molar-refractivity contribution is -0.331. The van der Waals surface area contributed by atoms with Crippen LogP contribution < -0.4 is 0 Å². The van der Waals surface area contributed by atoms with Crippen LogP contribution in [0.2, 0.25) is 18.1 Å². The van der Waals surface area contributed by atoms with Gasteiger partial charge in [0.25, 0.3) is 0 Å². The molecule has 4 N–H and O–H groups in total. The highest BCUT2D eigenvalue weighted by Gasteiger charge is 2.46. The number of aliphatic hydroxyl groups excluding tert-OH is 4. The summed E-state index contributed by atoms with van der Waals surface area (Å²) < 4.78 is 17.8. The van der Waals surface area contributed by atoms with Crippen molar-refractivity contribution in [2.24, 2.45) is 0 Å². The first-order valence-electron chi connectivity index (χ1n) is 9.16. The Morgan fingerprint density at radius 2 is 1.63 bits per heavy atom. The molecule has 1 fully saturated rings. The molecular weight excluding hydrogens is 368 g/mol. The Hall–Kier alpha value is -0.843. The lowest BCUT2D eigenvalue weighted by atomic mass is 9.99. The number of aliphatic hydroxyl groups is 4. The summed E-state index contributed by atoms with van der Waals surface area (Å²) in [7, 11) is -2.24. The zero-order valence-electron chi connectivity index (χ0n) is 16.6. The fraction of sp³-hybridized carbons (Fsp3) is 0.684. The second kappa shape index (κ2) is 8.67. The molecule has 154 valence electrons. The second-order valence-corrected chi connectivity index (χ2v) is 13.2. The molecule has 0 amide bonds. The number of ether oxygens (including phenoxy) is 2. The second-order valence-electron chi connectivity index (χ2n) is 8.45. The SMILES string of the molecule is CC(C)(C)[Si](C)(C)OC(OC1O[C@H](CO)[C@H](O)[C@H](O)[C@H]1O)c1ccccc1. The van der Waals surface area contributed by atoms with Crippen LogP contribution in [0.25, 0.3) is 0 Å². The fourth-order valence-electron chi connectivity index (χ4n) is 2.53. The summed E-state index contributed by atoms with van der Waals surface area (Å²) in [5, 5.41) is 39.5. The summed E-state index contributed by atoms with van der Waals surface area (Å²) in [6.07, 6.45) is -7.51. The van der Waals surface area contributed by atoms with Crippen molar-refractivity contribution in [3.63, 3.8) is 0 Å². The molecule has 6 atom stereocenters. The van der Waals surface area contributed by atoms with E-state index in [0.29, 0.717) is 0 Å². The quantitative estimate of drug-likeness (QED) is 0.423. The molecule has 0 saturated carbocycles.